The molecule has 0 bridgehead atoms. The molecular formula is C22H24N4O4. The average molecular weight is 408 g/mol. The highest BCUT2D eigenvalue weighted by atomic mass is 16.5. The topological polar surface area (TPSA) is 88.9 Å². The lowest BCUT2D eigenvalue weighted by atomic mass is 10.1. The largest absolute Gasteiger partial charge is 0.492 e. The van der Waals surface area contributed by atoms with Crippen molar-refractivity contribution in [2.75, 3.05) is 50.1 Å². The summed E-state index contributed by atoms with van der Waals surface area (Å²) in [6.45, 7) is 4.97. The average Bonchev–Trinajstić information content (AvgIpc) is 3.31. The van der Waals surface area contributed by atoms with Crippen molar-refractivity contribution in [3.8, 4) is 17.0 Å². The van der Waals surface area contributed by atoms with Crippen LogP contribution in [0.3, 0.4) is 0 Å². The number of anilines is 2. The number of benzene rings is 2. The fraction of sp³-hybridized carbons (Fsp3) is 0.273. The molecule has 0 atom stereocenters. The first-order chi connectivity index (χ1) is 14.8. The molecule has 0 radical (unpaired) electrons. The van der Waals surface area contributed by atoms with Gasteiger partial charge in [-0.25, -0.2) is 4.79 Å². The van der Waals surface area contributed by atoms with E-state index in [0.29, 0.717) is 18.0 Å². The molecule has 2 heterocycles. The number of aromatic nitrogens is 1. The van der Waals surface area contributed by atoms with Crippen LogP contribution in [0.5, 0.6) is 5.75 Å². The lowest BCUT2D eigenvalue weighted by Gasteiger charge is -2.26. The van der Waals surface area contributed by atoms with E-state index in [4.69, 9.17) is 14.0 Å². The molecule has 4 rings (SSSR count). The summed E-state index contributed by atoms with van der Waals surface area (Å²) in [5, 5.41) is 9.51. The molecule has 2 N–H and O–H groups in total. The van der Waals surface area contributed by atoms with Crippen molar-refractivity contribution in [3.63, 3.8) is 0 Å². The van der Waals surface area contributed by atoms with Gasteiger partial charge in [0.25, 0.3) is 0 Å². The van der Waals surface area contributed by atoms with Gasteiger partial charge >= 0.3 is 6.03 Å². The minimum Gasteiger partial charge on any atom is -0.492 e. The Bertz CT molecular complexity index is 921. The summed E-state index contributed by atoms with van der Waals surface area (Å²) >= 11 is 0. The molecule has 1 fully saturated rings. The maximum atomic E-state index is 12.2. The van der Waals surface area contributed by atoms with E-state index < -0.39 is 0 Å². The number of nitrogens with zero attached hydrogens (tertiary/aromatic N) is 2. The summed E-state index contributed by atoms with van der Waals surface area (Å²) in [5.41, 5.74) is 3.03. The van der Waals surface area contributed by atoms with Crippen molar-refractivity contribution in [3.05, 3.63) is 60.9 Å². The third-order valence-electron chi connectivity index (χ3n) is 4.77. The zero-order valence-electron chi connectivity index (χ0n) is 16.5. The predicted molar refractivity (Wildman–Crippen MR) is 114 cm³/mol. The lowest BCUT2D eigenvalue weighted by molar-refractivity contribution is 0.0322. The minimum atomic E-state index is -0.315. The van der Waals surface area contributed by atoms with E-state index in [9.17, 15) is 4.79 Å². The molecule has 0 unspecified atom stereocenters. The molecular weight excluding hydrogens is 384 g/mol. The monoisotopic (exact) mass is 408 g/mol. The van der Waals surface area contributed by atoms with Crippen LogP contribution >= 0.6 is 0 Å². The molecule has 1 aromatic heterocycles. The summed E-state index contributed by atoms with van der Waals surface area (Å²) < 4.78 is 16.0. The number of rotatable bonds is 7. The second-order valence-electron chi connectivity index (χ2n) is 6.87. The van der Waals surface area contributed by atoms with E-state index in [1.54, 1.807) is 6.07 Å². The van der Waals surface area contributed by atoms with Crippen LogP contribution in [0.15, 0.2) is 65.4 Å². The predicted octanol–water partition coefficient (Wildman–Crippen LogP) is 3.70. The lowest BCUT2D eigenvalue weighted by Crippen LogP contribution is -2.38. The van der Waals surface area contributed by atoms with Crippen LogP contribution < -0.4 is 15.4 Å². The summed E-state index contributed by atoms with van der Waals surface area (Å²) in [7, 11) is 0. The smallest absolute Gasteiger partial charge is 0.323 e. The number of hydrogen-bond acceptors (Lipinski definition) is 6. The van der Waals surface area contributed by atoms with Crippen LogP contribution in [0.25, 0.3) is 11.3 Å². The van der Waals surface area contributed by atoms with Gasteiger partial charge in [0, 0.05) is 42.6 Å². The molecule has 1 saturated heterocycles. The quantitative estimate of drug-likeness (QED) is 0.620. The maximum absolute atomic E-state index is 12.2. The molecule has 0 saturated carbocycles. The van der Waals surface area contributed by atoms with Crippen LogP contribution in [0.2, 0.25) is 0 Å². The van der Waals surface area contributed by atoms with E-state index >= 15 is 0 Å². The minimum absolute atomic E-state index is 0.315. The van der Waals surface area contributed by atoms with Crippen molar-refractivity contribution in [1.82, 2.24) is 10.1 Å². The van der Waals surface area contributed by atoms with E-state index in [-0.39, 0.29) is 6.03 Å². The van der Waals surface area contributed by atoms with Crippen LogP contribution in [0.1, 0.15) is 0 Å². The summed E-state index contributed by atoms with van der Waals surface area (Å²) in [6.07, 6.45) is 1.52. The fourth-order valence-electron chi connectivity index (χ4n) is 3.13. The first-order valence-corrected chi connectivity index (χ1v) is 9.88. The molecule has 0 spiro atoms. The van der Waals surface area contributed by atoms with Crippen molar-refractivity contribution < 1.29 is 18.8 Å². The standard InChI is InChI=1S/C22H24N4O4/c27-22(23-18-3-1-17(2-4-18)21-9-13-30-25-21)24-19-5-7-20(8-6-19)29-16-12-26-10-14-28-15-11-26/h1-9,13H,10-12,14-16H2,(H2,23,24,27). The molecule has 2 aromatic carbocycles. The normalized spacial score (nSPS) is 14.3. The third-order valence-corrected chi connectivity index (χ3v) is 4.77. The van der Waals surface area contributed by atoms with Gasteiger partial charge in [0.1, 0.15) is 24.3 Å². The van der Waals surface area contributed by atoms with E-state index in [1.165, 1.54) is 6.26 Å². The Labute approximate surface area is 174 Å². The highest BCUT2D eigenvalue weighted by Crippen LogP contribution is 2.20. The van der Waals surface area contributed by atoms with Crippen molar-refractivity contribution >= 4 is 17.4 Å². The van der Waals surface area contributed by atoms with Crippen molar-refractivity contribution in [1.29, 1.82) is 0 Å². The zero-order chi connectivity index (χ0) is 20.6. The third kappa shape index (κ3) is 5.59. The van der Waals surface area contributed by atoms with Crippen molar-refractivity contribution in [2.24, 2.45) is 0 Å². The number of amides is 2. The van der Waals surface area contributed by atoms with E-state index in [0.717, 1.165) is 49.9 Å². The summed E-state index contributed by atoms with van der Waals surface area (Å²) in [4.78, 5) is 14.6. The number of hydrogen-bond donors (Lipinski definition) is 2. The SMILES string of the molecule is O=C(Nc1ccc(OCCN2CCOCC2)cc1)Nc1ccc(-c2ccon2)cc1. The van der Waals surface area contributed by atoms with E-state index in [1.807, 2.05) is 48.5 Å². The molecule has 2 amide bonds. The molecule has 30 heavy (non-hydrogen) atoms. The van der Waals surface area contributed by atoms with Crippen LogP contribution in [0.4, 0.5) is 16.2 Å². The Morgan fingerprint density at radius 2 is 1.63 bits per heavy atom. The Hall–Kier alpha value is -3.36. The Morgan fingerprint density at radius 1 is 0.967 bits per heavy atom. The summed E-state index contributed by atoms with van der Waals surface area (Å²) in [5.74, 6) is 0.776. The molecule has 3 aromatic rings. The zero-order valence-corrected chi connectivity index (χ0v) is 16.5. The Morgan fingerprint density at radius 3 is 2.27 bits per heavy atom. The Balaban J connectivity index is 1.22. The number of ether oxygens (including phenoxy) is 2. The first kappa shape index (κ1) is 19.9. The second-order valence-corrected chi connectivity index (χ2v) is 6.87. The highest BCUT2D eigenvalue weighted by Gasteiger charge is 2.10. The molecule has 0 aliphatic carbocycles. The van der Waals surface area contributed by atoms with Gasteiger partial charge in [-0.15, -0.1) is 0 Å². The second kappa shape index (κ2) is 9.91. The number of morpholine rings is 1. The molecule has 1 aliphatic heterocycles. The van der Waals surface area contributed by atoms with Gasteiger partial charge in [-0.05, 0) is 36.4 Å². The Kier molecular flexibility index (Phi) is 6.58. The van der Waals surface area contributed by atoms with Crippen LogP contribution in [-0.4, -0.2) is 55.5 Å². The molecule has 8 nitrogen and oxygen atoms in total. The number of urea groups is 1. The van der Waals surface area contributed by atoms with Crippen LogP contribution in [-0.2, 0) is 4.74 Å². The first-order valence-electron chi connectivity index (χ1n) is 9.88. The summed E-state index contributed by atoms with van der Waals surface area (Å²) in [6, 6.07) is 16.2. The number of carbonyl (C=O) groups is 1. The highest BCUT2D eigenvalue weighted by molar-refractivity contribution is 5.99. The van der Waals surface area contributed by atoms with Gasteiger partial charge in [0.15, 0.2) is 0 Å². The molecule has 156 valence electrons. The van der Waals surface area contributed by atoms with Crippen molar-refractivity contribution in [2.45, 2.75) is 0 Å². The molecule has 8 heteroatoms. The van der Waals surface area contributed by atoms with Crippen LogP contribution in [0, 0.1) is 0 Å². The number of nitrogens with one attached hydrogen (secondary N) is 2. The van der Waals surface area contributed by atoms with Gasteiger partial charge in [-0.3, -0.25) is 4.90 Å². The van der Waals surface area contributed by atoms with E-state index in [2.05, 4.69) is 20.7 Å². The maximum Gasteiger partial charge on any atom is 0.323 e. The van der Waals surface area contributed by atoms with Gasteiger partial charge in [0.05, 0.1) is 13.2 Å². The van der Waals surface area contributed by atoms with Gasteiger partial charge in [-0.1, -0.05) is 17.3 Å². The fourth-order valence-corrected chi connectivity index (χ4v) is 3.13. The van der Waals surface area contributed by atoms with Gasteiger partial charge < -0.3 is 24.6 Å². The number of carbonyl (C=O) groups excluding carboxylic acids is 1. The van der Waals surface area contributed by atoms with Gasteiger partial charge in [-0.2, -0.15) is 0 Å². The van der Waals surface area contributed by atoms with Gasteiger partial charge in [0.2, 0.25) is 0 Å². The molecule has 1 aliphatic rings.